The van der Waals surface area contributed by atoms with Crippen LogP contribution in [0.15, 0.2) is 83.8 Å². The summed E-state index contributed by atoms with van der Waals surface area (Å²) in [5.74, 6) is 0.904. The molecule has 30 heavy (non-hydrogen) atoms. The molecule has 0 unspecified atom stereocenters. The van der Waals surface area contributed by atoms with Gasteiger partial charge >= 0.3 is 0 Å². The number of benzene rings is 3. The van der Waals surface area contributed by atoms with E-state index in [4.69, 9.17) is 4.74 Å². The van der Waals surface area contributed by atoms with Crippen molar-refractivity contribution in [2.75, 3.05) is 23.7 Å². The van der Waals surface area contributed by atoms with E-state index in [0.29, 0.717) is 17.1 Å². The van der Waals surface area contributed by atoms with Gasteiger partial charge in [-0.15, -0.1) is 0 Å². The molecule has 0 radical (unpaired) electrons. The second-order valence-electron chi connectivity index (χ2n) is 6.62. The number of nitrogens with one attached hydrogen (secondary N) is 1. The zero-order chi connectivity index (χ0) is 21.6. The van der Waals surface area contributed by atoms with Crippen molar-refractivity contribution in [2.24, 2.45) is 0 Å². The zero-order valence-corrected chi connectivity index (χ0v) is 17.4. The molecule has 0 aliphatic heterocycles. The van der Waals surface area contributed by atoms with E-state index in [1.165, 1.54) is 6.08 Å². The van der Waals surface area contributed by atoms with Crippen molar-refractivity contribution >= 4 is 27.5 Å². The van der Waals surface area contributed by atoms with Gasteiger partial charge in [0, 0.05) is 19.8 Å². The lowest BCUT2D eigenvalue weighted by Gasteiger charge is -2.13. The van der Waals surface area contributed by atoms with Gasteiger partial charge in [-0.2, -0.15) is 5.26 Å². The van der Waals surface area contributed by atoms with Gasteiger partial charge in [0.25, 0.3) is 10.0 Å². The van der Waals surface area contributed by atoms with Crippen LogP contribution in [-0.2, 0) is 10.0 Å². The fourth-order valence-corrected chi connectivity index (χ4v) is 3.62. The predicted molar refractivity (Wildman–Crippen MR) is 120 cm³/mol. The lowest BCUT2D eigenvalue weighted by Crippen LogP contribution is -2.14. The second-order valence-corrected chi connectivity index (χ2v) is 8.27. The van der Waals surface area contributed by atoms with E-state index in [2.05, 4.69) is 4.72 Å². The Hall–Kier alpha value is -3.76. The minimum atomic E-state index is -4.11. The lowest BCUT2D eigenvalue weighted by molar-refractivity contribution is 0.485. The van der Waals surface area contributed by atoms with Crippen LogP contribution in [0.25, 0.3) is 6.08 Å². The molecule has 3 rings (SSSR count). The molecule has 0 spiro atoms. The number of nitriles is 1. The van der Waals surface area contributed by atoms with Gasteiger partial charge in [-0.25, -0.2) is 8.42 Å². The quantitative estimate of drug-likeness (QED) is 0.554. The highest BCUT2D eigenvalue weighted by Crippen LogP contribution is 2.31. The van der Waals surface area contributed by atoms with Crippen molar-refractivity contribution in [1.29, 1.82) is 5.26 Å². The highest BCUT2D eigenvalue weighted by Gasteiger charge is 2.20. The highest BCUT2D eigenvalue weighted by atomic mass is 32.2. The first kappa shape index (κ1) is 21.0. The smallest absolute Gasteiger partial charge is 0.272 e. The van der Waals surface area contributed by atoms with Gasteiger partial charge in [0.15, 0.2) is 10.7 Å². The Morgan fingerprint density at radius 3 is 2.23 bits per heavy atom. The van der Waals surface area contributed by atoms with Crippen molar-refractivity contribution in [3.63, 3.8) is 0 Å². The first-order valence-corrected chi connectivity index (χ1v) is 10.6. The lowest BCUT2D eigenvalue weighted by atomic mass is 10.2. The van der Waals surface area contributed by atoms with Crippen LogP contribution in [0.3, 0.4) is 0 Å². The molecule has 0 fully saturated rings. The molecule has 0 bridgehead atoms. The molecule has 152 valence electrons. The number of hydrogen-bond donors (Lipinski definition) is 1. The van der Waals surface area contributed by atoms with Gasteiger partial charge in [-0.05, 0) is 48.0 Å². The summed E-state index contributed by atoms with van der Waals surface area (Å²) in [7, 11) is -0.282. The van der Waals surface area contributed by atoms with Crippen LogP contribution >= 0.6 is 0 Å². The molecule has 0 aliphatic carbocycles. The van der Waals surface area contributed by atoms with E-state index in [1.54, 1.807) is 54.6 Å². The summed E-state index contributed by atoms with van der Waals surface area (Å²) in [6.45, 7) is 0. The Morgan fingerprint density at radius 2 is 1.60 bits per heavy atom. The predicted octanol–water partition coefficient (Wildman–Crippen LogP) is 4.85. The fourth-order valence-electron chi connectivity index (χ4n) is 2.65. The highest BCUT2D eigenvalue weighted by molar-refractivity contribution is 7.97. The fraction of sp³-hybridized carbons (Fsp3) is 0.0870. The van der Waals surface area contributed by atoms with Crippen LogP contribution in [-0.4, -0.2) is 22.5 Å². The zero-order valence-electron chi connectivity index (χ0n) is 16.6. The van der Waals surface area contributed by atoms with Crippen molar-refractivity contribution < 1.29 is 13.2 Å². The van der Waals surface area contributed by atoms with Crippen LogP contribution in [0, 0.1) is 11.3 Å². The Morgan fingerprint density at radius 1 is 0.967 bits per heavy atom. The van der Waals surface area contributed by atoms with Gasteiger partial charge in [0.05, 0.1) is 5.69 Å². The molecule has 0 saturated heterocycles. The average molecular weight is 420 g/mol. The number of allylic oxidation sites excluding steroid dienone is 1. The van der Waals surface area contributed by atoms with E-state index in [0.717, 1.165) is 5.69 Å². The van der Waals surface area contributed by atoms with E-state index in [-0.39, 0.29) is 5.69 Å². The summed E-state index contributed by atoms with van der Waals surface area (Å²) in [6.07, 6.45) is 1.34. The van der Waals surface area contributed by atoms with Gasteiger partial charge in [-0.1, -0.05) is 42.5 Å². The Kier molecular flexibility index (Phi) is 6.40. The van der Waals surface area contributed by atoms with Crippen LogP contribution in [0.1, 0.15) is 5.56 Å². The molecule has 3 aromatic rings. The molecule has 0 aliphatic rings. The number of nitrogens with zero attached hydrogens (tertiary/aromatic N) is 2. The van der Waals surface area contributed by atoms with Crippen LogP contribution in [0.5, 0.6) is 11.5 Å². The largest absolute Gasteiger partial charge is 0.455 e. The second kappa shape index (κ2) is 9.16. The van der Waals surface area contributed by atoms with Crippen molar-refractivity contribution in [3.05, 3.63) is 89.3 Å². The van der Waals surface area contributed by atoms with E-state index in [9.17, 15) is 13.7 Å². The summed E-state index contributed by atoms with van der Waals surface area (Å²) in [4.78, 5) is 1.54. The normalized spacial score (nSPS) is 11.4. The SMILES string of the molecule is CN(C)c1ccc(/C=C(\C#N)S(=O)(=O)Nc2ccccc2Oc2ccccc2)cc1. The van der Waals surface area contributed by atoms with E-state index >= 15 is 0 Å². The third kappa shape index (κ3) is 5.19. The minimum absolute atomic E-state index is 0.241. The summed E-state index contributed by atoms with van der Waals surface area (Å²) in [5, 5.41) is 9.47. The van der Waals surface area contributed by atoms with Gasteiger partial charge in [0.2, 0.25) is 0 Å². The number of ether oxygens (including phenoxy) is 1. The van der Waals surface area contributed by atoms with Gasteiger partial charge < -0.3 is 9.64 Å². The summed E-state index contributed by atoms with van der Waals surface area (Å²) in [5.41, 5.74) is 1.82. The average Bonchev–Trinajstić information content (AvgIpc) is 2.74. The molecule has 0 aromatic heterocycles. The molecule has 0 atom stereocenters. The molecule has 6 nitrogen and oxygen atoms in total. The number of hydrogen-bond acceptors (Lipinski definition) is 5. The first-order chi connectivity index (χ1) is 14.4. The first-order valence-electron chi connectivity index (χ1n) is 9.13. The Labute approximate surface area is 176 Å². The van der Waals surface area contributed by atoms with Crippen molar-refractivity contribution in [3.8, 4) is 17.6 Å². The summed E-state index contributed by atoms with van der Waals surface area (Å²) in [6, 6.07) is 24.7. The van der Waals surface area contributed by atoms with E-state index in [1.807, 2.05) is 49.3 Å². The molecule has 0 heterocycles. The maximum absolute atomic E-state index is 12.8. The van der Waals surface area contributed by atoms with E-state index < -0.39 is 14.9 Å². The topological polar surface area (TPSA) is 82.4 Å². The maximum atomic E-state index is 12.8. The number of para-hydroxylation sites is 3. The van der Waals surface area contributed by atoms with Crippen LogP contribution < -0.4 is 14.4 Å². The monoisotopic (exact) mass is 419 g/mol. The number of anilines is 2. The molecule has 7 heteroatoms. The Bertz CT molecular complexity index is 1180. The molecular formula is C23H21N3O3S. The maximum Gasteiger partial charge on any atom is 0.272 e. The Balaban J connectivity index is 1.87. The molecular weight excluding hydrogens is 398 g/mol. The summed E-state index contributed by atoms with van der Waals surface area (Å²) < 4.78 is 33.9. The molecule has 0 saturated carbocycles. The number of sulfonamides is 1. The van der Waals surface area contributed by atoms with Crippen LogP contribution in [0.2, 0.25) is 0 Å². The number of rotatable bonds is 7. The molecule has 3 aromatic carbocycles. The standard InChI is InChI=1S/C23H21N3O3S/c1-26(2)19-14-12-18(13-15-19)16-21(17-24)30(27,28)25-22-10-6-7-11-23(22)29-20-8-4-3-5-9-20/h3-16,25H,1-2H3/b21-16+. The van der Waals surface area contributed by atoms with Crippen molar-refractivity contribution in [2.45, 2.75) is 0 Å². The minimum Gasteiger partial charge on any atom is -0.455 e. The van der Waals surface area contributed by atoms with Gasteiger partial charge in [0.1, 0.15) is 11.8 Å². The van der Waals surface area contributed by atoms with Crippen LogP contribution in [0.4, 0.5) is 11.4 Å². The molecule has 1 N–H and O–H groups in total. The molecule has 0 amide bonds. The van der Waals surface area contributed by atoms with Crippen molar-refractivity contribution in [1.82, 2.24) is 0 Å². The third-order valence-corrected chi connectivity index (χ3v) is 5.49. The third-order valence-electron chi connectivity index (χ3n) is 4.21. The van der Waals surface area contributed by atoms with Gasteiger partial charge in [-0.3, -0.25) is 4.72 Å². The summed E-state index contributed by atoms with van der Waals surface area (Å²) >= 11 is 0.